The SMILES string of the molecule is C=C(C[C@@H](NC(=O)OC(C)(C)C)C(C)C)C(=O)OC. The topological polar surface area (TPSA) is 64.6 Å². The molecule has 0 bridgehead atoms. The molecule has 0 aliphatic rings. The smallest absolute Gasteiger partial charge is 0.407 e. The molecule has 0 saturated heterocycles. The lowest BCUT2D eigenvalue weighted by Gasteiger charge is -2.26. The first kappa shape index (κ1) is 17.5. The average molecular weight is 271 g/mol. The zero-order chi connectivity index (χ0) is 15.2. The van der Waals surface area contributed by atoms with E-state index >= 15 is 0 Å². The summed E-state index contributed by atoms with van der Waals surface area (Å²) in [7, 11) is 1.30. The minimum Gasteiger partial charge on any atom is -0.466 e. The highest BCUT2D eigenvalue weighted by atomic mass is 16.6. The molecule has 0 aliphatic heterocycles. The van der Waals surface area contributed by atoms with Crippen molar-refractivity contribution < 1.29 is 19.1 Å². The van der Waals surface area contributed by atoms with Crippen molar-refractivity contribution in [1.29, 1.82) is 0 Å². The molecule has 1 atom stereocenters. The van der Waals surface area contributed by atoms with Crippen molar-refractivity contribution in [2.24, 2.45) is 5.92 Å². The van der Waals surface area contributed by atoms with Crippen LogP contribution in [0.3, 0.4) is 0 Å². The third kappa shape index (κ3) is 7.49. The number of esters is 1. The van der Waals surface area contributed by atoms with Crippen molar-refractivity contribution in [3.05, 3.63) is 12.2 Å². The molecule has 0 spiro atoms. The van der Waals surface area contributed by atoms with Crippen LogP contribution in [0, 0.1) is 5.92 Å². The molecule has 0 fully saturated rings. The van der Waals surface area contributed by atoms with Crippen LogP contribution in [0.15, 0.2) is 12.2 Å². The number of ether oxygens (including phenoxy) is 2. The van der Waals surface area contributed by atoms with E-state index < -0.39 is 17.7 Å². The molecule has 5 heteroatoms. The van der Waals surface area contributed by atoms with Gasteiger partial charge in [0.1, 0.15) is 5.60 Å². The second kappa shape index (κ2) is 7.16. The van der Waals surface area contributed by atoms with Crippen molar-refractivity contribution >= 4 is 12.1 Å². The second-order valence-corrected chi connectivity index (χ2v) is 5.80. The van der Waals surface area contributed by atoms with E-state index in [4.69, 9.17) is 4.74 Å². The third-order valence-electron chi connectivity index (χ3n) is 2.45. The van der Waals surface area contributed by atoms with Crippen LogP contribution in [-0.2, 0) is 14.3 Å². The monoisotopic (exact) mass is 271 g/mol. The van der Waals surface area contributed by atoms with Gasteiger partial charge in [0.25, 0.3) is 0 Å². The van der Waals surface area contributed by atoms with Crippen LogP contribution in [0.25, 0.3) is 0 Å². The molecule has 1 amide bonds. The maximum absolute atomic E-state index is 11.7. The fourth-order valence-corrected chi connectivity index (χ4v) is 1.41. The maximum Gasteiger partial charge on any atom is 0.407 e. The molecule has 5 nitrogen and oxygen atoms in total. The van der Waals surface area contributed by atoms with Gasteiger partial charge in [-0.1, -0.05) is 20.4 Å². The summed E-state index contributed by atoms with van der Waals surface area (Å²) in [5.74, 6) is -0.314. The summed E-state index contributed by atoms with van der Waals surface area (Å²) in [6.07, 6.45) is -0.160. The highest BCUT2D eigenvalue weighted by molar-refractivity contribution is 5.87. The summed E-state index contributed by atoms with van der Waals surface area (Å²) in [6.45, 7) is 13.0. The predicted molar refractivity (Wildman–Crippen MR) is 73.8 cm³/mol. The van der Waals surface area contributed by atoms with Crippen molar-refractivity contribution in [3.8, 4) is 0 Å². The highest BCUT2D eigenvalue weighted by Gasteiger charge is 2.23. The molecule has 0 heterocycles. The zero-order valence-corrected chi connectivity index (χ0v) is 12.7. The summed E-state index contributed by atoms with van der Waals surface area (Å²) in [5.41, 5.74) is -0.220. The lowest BCUT2D eigenvalue weighted by atomic mass is 9.97. The number of methoxy groups -OCH3 is 1. The van der Waals surface area contributed by atoms with E-state index in [1.807, 2.05) is 13.8 Å². The first-order valence-electron chi connectivity index (χ1n) is 6.32. The van der Waals surface area contributed by atoms with Gasteiger partial charge in [-0.15, -0.1) is 0 Å². The molecule has 0 aromatic heterocycles. The molecular formula is C14H25NO4. The second-order valence-electron chi connectivity index (χ2n) is 5.80. The van der Waals surface area contributed by atoms with Crippen molar-refractivity contribution in [2.75, 3.05) is 7.11 Å². The van der Waals surface area contributed by atoms with Gasteiger partial charge >= 0.3 is 12.1 Å². The van der Waals surface area contributed by atoms with Crippen molar-refractivity contribution in [3.63, 3.8) is 0 Å². The molecule has 110 valence electrons. The van der Waals surface area contributed by atoms with Crippen LogP contribution in [0.2, 0.25) is 0 Å². The number of nitrogens with one attached hydrogen (secondary N) is 1. The van der Waals surface area contributed by atoms with Crippen LogP contribution in [0.5, 0.6) is 0 Å². The Morgan fingerprint density at radius 2 is 1.79 bits per heavy atom. The summed E-state index contributed by atoms with van der Waals surface area (Å²) in [6, 6.07) is -0.221. The minimum absolute atomic E-state index is 0.147. The van der Waals surface area contributed by atoms with Gasteiger partial charge in [0.2, 0.25) is 0 Å². The lowest BCUT2D eigenvalue weighted by Crippen LogP contribution is -2.42. The molecule has 0 radical (unpaired) electrons. The summed E-state index contributed by atoms with van der Waals surface area (Å²) >= 11 is 0. The Balaban J connectivity index is 4.55. The van der Waals surface area contributed by atoms with Gasteiger partial charge in [-0.3, -0.25) is 0 Å². The number of carbonyl (C=O) groups excluding carboxylic acids is 2. The number of hydrogen-bond acceptors (Lipinski definition) is 4. The molecule has 1 N–H and O–H groups in total. The van der Waals surface area contributed by atoms with Crippen LogP contribution >= 0.6 is 0 Å². The summed E-state index contributed by atoms with van der Waals surface area (Å²) < 4.78 is 9.79. The lowest BCUT2D eigenvalue weighted by molar-refractivity contribution is -0.136. The van der Waals surface area contributed by atoms with E-state index in [2.05, 4.69) is 16.6 Å². The molecule has 0 aromatic rings. The van der Waals surface area contributed by atoms with Gasteiger partial charge in [-0.25, -0.2) is 9.59 Å². The van der Waals surface area contributed by atoms with Gasteiger partial charge in [-0.2, -0.15) is 0 Å². The standard InChI is InChI=1S/C14H25NO4/c1-9(2)11(8-10(3)12(16)18-7)15-13(17)19-14(4,5)6/h9,11H,3,8H2,1-2,4-7H3,(H,15,17)/t11-/m1/s1. The van der Waals surface area contributed by atoms with E-state index in [1.54, 1.807) is 20.8 Å². The van der Waals surface area contributed by atoms with Gasteiger partial charge in [0.15, 0.2) is 0 Å². The molecular weight excluding hydrogens is 246 g/mol. The van der Waals surface area contributed by atoms with Crippen molar-refractivity contribution in [2.45, 2.75) is 52.7 Å². The number of amides is 1. The van der Waals surface area contributed by atoms with E-state index in [0.717, 1.165) is 0 Å². The number of alkyl carbamates (subject to hydrolysis) is 1. The molecule has 0 rings (SSSR count). The van der Waals surface area contributed by atoms with Crippen molar-refractivity contribution in [1.82, 2.24) is 5.32 Å². The first-order chi connectivity index (χ1) is 8.56. The predicted octanol–water partition coefficient (Wildman–Crippen LogP) is 2.66. The fraction of sp³-hybridized carbons (Fsp3) is 0.714. The molecule has 0 aromatic carbocycles. The number of rotatable bonds is 5. The van der Waals surface area contributed by atoms with Crippen LogP contribution in [0.1, 0.15) is 41.0 Å². The Labute approximate surface area is 115 Å². The Morgan fingerprint density at radius 3 is 2.16 bits per heavy atom. The Hall–Kier alpha value is -1.52. The summed E-state index contributed by atoms with van der Waals surface area (Å²) in [4.78, 5) is 23.0. The fourth-order valence-electron chi connectivity index (χ4n) is 1.41. The quantitative estimate of drug-likeness (QED) is 0.616. The van der Waals surface area contributed by atoms with Gasteiger partial charge in [0, 0.05) is 11.6 Å². The maximum atomic E-state index is 11.7. The van der Waals surface area contributed by atoms with E-state index in [9.17, 15) is 9.59 Å². The molecule has 0 saturated carbocycles. The zero-order valence-electron chi connectivity index (χ0n) is 12.7. The van der Waals surface area contributed by atoms with Gasteiger partial charge in [0.05, 0.1) is 7.11 Å². The molecule has 19 heavy (non-hydrogen) atoms. The number of hydrogen-bond donors (Lipinski definition) is 1. The van der Waals surface area contributed by atoms with Gasteiger partial charge in [-0.05, 0) is 33.1 Å². The average Bonchev–Trinajstić information content (AvgIpc) is 2.24. The normalized spacial score (nSPS) is 12.8. The number of carbonyl (C=O) groups is 2. The van der Waals surface area contributed by atoms with E-state index in [1.165, 1.54) is 7.11 Å². The Morgan fingerprint density at radius 1 is 1.26 bits per heavy atom. The van der Waals surface area contributed by atoms with Crippen LogP contribution in [-0.4, -0.2) is 30.8 Å². The first-order valence-corrected chi connectivity index (χ1v) is 6.32. The Bertz CT molecular complexity index is 342. The highest BCUT2D eigenvalue weighted by Crippen LogP contribution is 2.14. The largest absolute Gasteiger partial charge is 0.466 e. The Kier molecular flexibility index (Phi) is 6.59. The van der Waals surface area contributed by atoms with E-state index in [-0.39, 0.29) is 12.0 Å². The third-order valence-corrected chi connectivity index (χ3v) is 2.45. The van der Waals surface area contributed by atoms with Crippen LogP contribution in [0.4, 0.5) is 4.79 Å². The van der Waals surface area contributed by atoms with Gasteiger partial charge < -0.3 is 14.8 Å². The molecule has 0 unspecified atom stereocenters. The minimum atomic E-state index is -0.551. The van der Waals surface area contributed by atoms with Crippen LogP contribution < -0.4 is 5.32 Å². The summed E-state index contributed by atoms with van der Waals surface area (Å²) in [5, 5.41) is 2.75. The molecule has 0 aliphatic carbocycles. The van der Waals surface area contributed by atoms with E-state index in [0.29, 0.717) is 12.0 Å².